The zero-order chi connectivity index (χ0) is 17.2. The summed E-state index contributed by atoms with van der Waals surface area (Å²) in [6.45, 7) is 1.64. The fourth-order valence-electron chi connectivity index (χ4n) is 2.58. The van der Waals surface area contributed by atoms with Crippen LogP contribution in [0.3, 0.4) is 0 Å². The highest BCUT2D eigenvalue weighted by Gasteiger charge is 2.34. The van der Waals surface area contributed by atoms with Crippen molar-refractivity contribution in [1.29, 1.82) is 0 Å². The molecule has 0 saturated carbocycles. The molecule has 1 N–H and O–H groups in total. The number of nitrogens with zero attached hydrogens (tertiary/aromatic N) is 4. The lowest BCUT2D eigenvalue weighted by molar-refractivity contribution is -0.136. The maximum Gasteiger partial charge on any atom is 0.418 e. The molecule has 24 heavy (non-hydrogen) atoms. The van der Waals surface area contributed by atoms with Gasteiger partial charge in [0.15, 0.2) is 5.82 Å². The van der Waals surface area contributed by atoms with Crippen molar-refractivity contribution in [2.24, 2.45) is 0 Å². The molecule has 128 valence electrons. The van der Waals surface area contributed by atoms with Crippen molar-refractivity contribution in [1.82, 2.24) is 15.2 Å². The summed E-state index contributed by atoms with van der Waals surface area (Å²) < 4.78 is 39.4. The molecule has 1 saturated heterocycles. The third-order valence-electron chi connectivity index (χ3n) is 3.74. The second-order valence-corrected chi connectivity index (χ2v) is 5.94. The largest absolute Gasteiger partial charge is 0.418 e. The Morgan fingerprint density at radius 1 is 1.12 bits per heavy atom. The predicted octanol–water partition coefficient (Wildman–Crippen LogP) is 4.28. The van der Waals surface area contributed by atoms with Crippen LogP contribution in [0.15, 0.2) is 24.4 Å². The molecule has 2 aromatic rings. The van der Waals surface area contributed by atoms with Crippen molar-refractivity contribution < 1.29 is 13.2 Å². The Kier molecular flexibility index (Phi) is 4.75. The van der Waals surface area contributed by atoms with Crippen LogP contribution < -0.4 is 10.2 Å². The molecule has 0 radical (unpaired) electrons. The van der Waals surface area contributed by atoms with E-state index in [1.165, 1.54) is 18.3 Å². The second kappa shape index (κ2) is 6.80. The zero-order valence-electron chi connectivity index (χ0n) is 12.6. The molecule has 1 aliphatic rings. The molecule has 0 atom stereocenters. The maximum atomic E-state index is 13.1. The van der Waals surface area contributed by atoms with Gasteiger partial charge >= 0.3 is 6.18 Å². The molecule has 1 fully saturated rings. The highest BCUT2D eigenvalue weighted by molar-refractivity contribution is 6.30. The first-order valence-electron chi connectivity index (χ1n) is 7.52. The number of halogens is 4. The first-order chi connectivity index (χ1) is 11.4. The van der Waals surface area contributed by atoms with Crippen molar-refractivity contribution in [2.75, 3.05) is 23.3 Å². The molecule has 0 aliphatic carbocycles. The maximum absolute atomic E-state index is 13.1. The van der Waals surface area contributed by atoms with Crippen molar-refractivity contribution in [3.05, 3.63) is 35.0 Å². The standard InChI is InChI=1S/C15H15ClF3N5/c16-10-4-5-12(11(8-10)15(17,18)19)21-13-9-20-23-14(22-13)24-6-2-1-3-7-24/h4-5,8-9H,1-3,6-7H2,(H,21,22,23). The van der Waals surface area contributed by atoms with Gasteiger partial charge in [-0.2, -0.15) is 23.3 Å². The Balaban J connectivity index is 1.86. The number of anilines is 3. The van der Waals surface area contributed by atoms with Gasteiger partial charge in [-0.15, -0.1) is 5.10 Å². The van der Waals surface area contributed by atoms with Gasteiger partial charge in [-0.3, -0.25) is 0 Å². The molecule has 0 spiro atoms. The summed E-state index contributed by atoms with van der Waals surface area (Å²) in [5.41, 5.74) is -0.981. The van der Waals surface area contributed by atoms with Crippen LogP contribution in [0.25, 0.3) is 0 Å². The summed E-state index contributed by atoms with van der Waals surface area (Å²) in [4.78, 5) is 6.26. The molecule has 0 unspecified atom stereocenters. The average Bonchev–Trinajstić information content (AvgIpc) is 2.57. The lowest BCUT2D eigenvalue weighted by Crippen LogP contribution is -2.31. The first-order valence-corrected chi connectivity index (χ1v) is 7.90. The highest BCUT2D eigenvalue weighted by Crippen LogP contribution is 2.37. The molecule has 1 aromatic carbocycles. The molecule has 5 nitrogen and oxygen atoms in total. The predicted molar refractivity (Wildman–Crippen MR) is 85.6 cm³/mol. The van der Waals surface area contributed by atoms with Crippen molar-refractivity contribution in [3.8, 4) is 0 Å². The number of hydrogen-bond donors (Lipinski definition) is 1. The van der Waals surface area contributed by atoms with E-state index in [0.717, 1.165) is 38.4 Å². The number of piperidine rings is 1. The van der Waals surface area contributed by atoms with E-state index >= 15 is 0 Å². The molecule has 0 amide bonds. The Morgan fingerprint density at radius 2 is 1.88 bits per heavy atom. The molecule has 9 heteroatoms. The summed E-state index contributed by atoms with van der Waals surface area (Å²) >= 11 is 5.68. The number of aromatic nitrogens is 3. The third kappa shape index (κ3) is 3.87. The number of nitrogens with one attached hydrogen (secondary N) is 1. The van der Waals surface area contributed by atoms with Crippen molar-refractivity contribution in [2.45, 2.75) is 25.4 Å². The van der Waals surface area contributed by atoms with Gasteiger partial charge in [0.2, 0.25) is 5.95 Å². The Bertz CT molecular complexity index is 716. The molecular weight excluding hydrogens is 343 g/mol. The minimum atomic E-state index is -4.52. The summed E-state index contributed by atoms with van der Waals surface area (Å²) in [6, 6.07) is 3.54. The summed E-state index contributed by atoms with van der Waals surface area (Å²) in [5, 5.41) is 10.5. The number of hydrogen-bond acceptors (Lipinski definition) is 5. The molecule has 1 aliphatic heterocycles. The second-order valence-electron chi connectivity index (χ2n) is 5.50. The van der Waals surface area contributed by atoms with E-state index in [1.54, 1.807) is 0 Å². The summed E-state index contributed by atoms with van der Waals surface area (Å²) in [5.74, 6) is 0.626. The van der Waals surface area contributed by atoms with E-state index in [-0.39, 0.29) is 16.5 Å². The Morgan fingerprint density at radius 3 is 2.58 bits per heavy atom. The van der Waals surface area contributed by atoms with Crippen LogP contribution in [0, 0.1) is 0 Å². The van der Waals surface area contributed by atoms with Crippen LogP contribution >= 0.6 is 11.6 Å². The van der Waals surface area contributed by atoms with E-state index in [1.807, 2.05) is 4.90 Å². The summed E-state index contributed by atoms with van der Waals surface area (Å²) in [7, 11) is 0. The topological polar surface area (TPSA) is 53.9 Å². The Labute approximate surface area is 141 Å². The minimum absolute atomic E-state index is 0.0164. The van der Waals surface area contributed by atoms with Gasteiger partial charge in [0.1, 0.15) is 0 Å². The van der Waals surface area contributed by atoms with Gasteiger partial charge in [0.25, 0.3) is 0 Å². The zero-order valence-corrected chi connectivity index (χ0v) is 13.4. The summed E-state index contributed by atoms with van der Waals surface area (Å²) in [6.07, 6.45) is 0.0000311. The van der Waals surface area contributed by atoms with Crippen molar-refractivity contribution in [3.63, 3.8) is 0 Å². The molecule has 3 rings (SSSR count). The SMILES string of the molecule is FC(F)(F)c1cc(Cl)ccc1Nc1cnnc(N2CCCCC2)n1. The minimum Gasteiger partial charge on any atom is -0.339 e. The molecule has 2 heterocycles. The lowest BCUT2D eigenvalue weighted by atomic mass is 10.1. The van der Waals surface area contributed by atoms with Crippen LogP contribution in [0.5, 0.6) is 0 Å². The van der Waals surface area contributed by atoms with Crippen LogP contribution in [-0.2, 0) is 6.18 Å². The van der Waals surface area contributed by atoms with Crippen LogP contribution in [0.1, 0.15) is 24.8 Å². The van der Waals surface area contributed by atoms with Crippen LogP contribution in [-0.4, -0.2) is 28.3 Å². The first kappa shape index (κ1) is 16.8. The van der Waals surface area contributed by atoms with E-state index in [4.69, 9.17) is 11.6 Å². The monoisotopic (exact) mass is 357 g/mol. The number of benzene rings is 1. The van der Waals surface area contributed by atoms with Crippen LogP contribution in [0.4, 0.5) is 30.6 Å². The average molecular weight is 358 g/mol. The van der Waals surface area contributed by atoms with E-state index in [0.29, 0.717) is 5.95 Å². The quantitative estimate of drug-likeness (QED) is 0.888. The molecule has 1 aromatic heterocycles. The van der Waals surface area contributed by atoms with E-state index < -0.39 is 11.7 Å². The van der Waals surface area contributed by atoms with Gasteiger partial charge in [0, 0.05) is 18.1 Å². The van der Waals surface area contributed by atoms with Gasteiger partial charge < -0.3 is 10.2 Å². The molecular formula is C15H15ClF3N5. The fourth-order valence-corrected chi connectivity index (χ4v) is 2.75. The Hall–Kier alpha value is -2.09. The lowest BCUT2D eigenvalue weighted by Gasteiger charge is -2.26. The van der Waals surface area contributed by atoms with Gasteiger partial charge in [0.05, 0.1) is 17.4 Å². The van der Waals surface area contributed by atoms with E-state index in [9.17, 15) is 13.2 Å². The third-order valence-corrected chi connectivity index (χ3v) is 3.97. The smallest absolute Gasteiger partial charge is 0.339 e. The molecule has 0 bridgehead atoms. The van der Waals surface area contributed by atoms with Gasteiger partial charge in [-0.1, -0.05) is 11.6 Å². The number of rotatable bonds is 3. The highest BCUT2D eigenvalue weighted by atomic mass is 35.5. The van der Waals surface area contributed by atoms with Crippen molar-refractivity contribution >= 4 is 29.1 Å². The van der Waals surface area contributed by atoms with Gasteiger partial charge in [-0.05, 0) is 37.5 Å². The number of alkyl halides is 3. The van der Waals surface area contributed by atoms with E-state index in [2.05, 4.69) is 20.5 Å². The normalized spacial score (nSPS) is 15.4. The fraction of sp³-hybridized carbons (Fsp3) is 0.400. The van der Waals surface area contributed by atoms with Crippen LogP contribution in [0.2, 0.25) is 5.02 Å². The van der Waals surface area contributed by atoms with Gasteiger partial charge in [-0.25, -0.2) is 0 Å².